The van der Waals surface area contributed by atoms with Crippen molar-refractivity contribution >= 4 is 23.1 Å². The van der Waals surface area contributed by atoms with Crippen LogP contribution in [0.25, 0.3) is 0 Å². The molecule has 0 unspecified atom stereocenters. The number of anilines is 3. The third-order valence-corrected chi connectivity index (χ3v) is 4.81. The van der Waals surface area contributed by atoms with E-state index in [2.05, 4.69) is 10.3 Å². The Morgan fingerprint density at radius 3 is 2.56 bits per heavy atom. The van der Waals surface area contributed by atoms with Crippen molar-refractivity contribution in [2.75, 3.05) is 29.5 Å². The molecule has 32 heavy (non-hydrogen) atoms. The normalized spacial score (nSPS) is 10.6. The van der Waals surface area contributed by atoms with E-state index >= 15 is 0 Å². The minimum absolute atomic E-state index is 0.0424. The molecule has 0 spiro atoms. The molecule has 0 atom stereocenters. The molecule has 0 saturated carbocycles. The molecule has 1 aromatic heterocycles. The number of rotatable bonds is 9. The zero-order valence-electron chi connectivity index (χ0n) is 18.1. The van der Waals surface area contributed by atoms with Gasteiger partial charge in [-0.2, -0.15) is 0 Å². The molecule has 1 heterocycles. The van der Waals surface area contributed by atoms with Gasteiger partial charge in [0, 0.05) is 25.3 Å². The highest BCUT2D eigenvalue weighted by Crippen LogP contribution is 2.24. The van der Waals surface area contributed by atoms with Crippen LogP contribution in [0.15, 0.2) is 64.2 Å². The van der Waals surface area contributed by atoms with Gasteiger partial charge in [0.05, 0.1) is 6.54 Å². The average molecular weight is 438 g/mol. The van der Waals surface area contributed by atoms with Crippen LogP contribution in [0.1, 0.15) is 19.8 Å². The molecule has 0 bridgehead atoms. The summed E-state index contributed by atoms with van der Waals surface area (Å²) < 4.78 is 7.10. The number of nitrogen functional groups attached to an aromatic ring is 1. The number of carbonyl (C=O) groups is 1. The molecule has 0 aliphatic carbocycles. The summed E-state index contributed by atoms with van der Waals surface area (Å²) in [7, 11) is 1.57. The quantitative estimate of drug-likeness (QED) is 0.473. The van der Waals surface area contributed by atoms with Crippen LogP contribution in [-0.2, 0) is 11.3 Å². The second-order valence-corrected chi connectivity index (χ2v) is 7.35. The number of hydrogen-bond donors (Lipinski definition) is 3. The lowest BCUT2D eigenvalue weighted by atomic mass is 10.3. The van der Waals surface area contributed by atoms with Gasteiger partial charge < -0.3 is 20.7 Å². The Bertz CT molecular complexity index is 1190. The topological polar surface area (TPSA) is 122 Å². The van der Waals surface area contributed by atoms with E-state index in [1.807, 2.05) is 37.3 Å². The molecule has 0 radical (unpaired) electrons. The van der Waals surface area contributed by atoms with Gasteiger partial charge in [-0.25, -0.2) is 4.79 Å². The van der Waals surface area contributed by atoms with E-state index in [0.717, 1.165) is 12.8 Å². The molecule has 168 valence electrons. The number of hydrogen-bond acceptors (Lipinski definition) is 6. The van der Waals surface area contributed by atoms with Gasteiger partial charge in [0.25, 0.3) is 5.56 Å². The van der Waals surface area contributed by atoms with Crippen LogP contribution in [0, 0.1) is 0 Å². The van der Waals surface area contributed by atoms with Crippen LogP contribution in [0.2, 0.25) is 0 Å². The molecule has 9 heteroatoms. The van der Waals surface area contributed by atoms with Crippen molar-refractivity contribution in [3.63, 3.8) is 0 Å². The van der Waals surface area contributed by atoms with Crippen LogP contribution in [-0.4, -0.2) is 29.1 Å². The average Bonchev–Trinajstić information content (AvgIpc) is 2.74. The van der Waals surface area contributed by atoms with Gasteiger partial charge in [-0.3, -0.25) is 19.1 Å². The van der Waals surface area contributed by atoms with Crippen LogP contribution < -0.4 is 31.9 Å². The second-order valence-electron chi connectivity index (χ2n) is 7.35. The smallest absolute Gasteiger partial charge is 0.330 e. The summed E-state index contributed by atoms with van der Waals surface area (Å²) in [6, 6.07) is 16.3. The van der Waals surface area contributed by atoms with Crippen molar-refractivity contribution in [1.29, 1.82) is 0 Å². The lowest BCUT2D eigenvalue weighted by molar-refractivity contribution is -0.114. The van der Waals surface area contributed by atoms with E-state index in [1.165, 1.54) is 9.47 Å². The summed E-state index contributed by atoms with van der Waals surface area (Å²) in [5.74, 6) is 0.949. The number of ether oxygens (including phenoxy) is 1. The first-order valence-corrected chi connectivity index (χ1v) is 10.4. The summed E-state index contributed by atoms with van der Waals surface area (Å²) in [4.78, 5) is 40.7. The second kappa shape index (κ2) is 10.3. The molecule has 9 nitrogen and oxygen atoms in total. The predicted octanol–water partition coefficient (Wildman–Crippen LogP) is 2.79. The van der Waals surface area contributed by atoms with Crippen molar-refractivity contribution in [3.05, 3.63) is 75.4 Å². The van der Waals surface area contributed by atoms with Gasteiger partial charge in [0.2, 0.25) is 5.91 Å². The molecule has 3 rings (SSSR count). The van der Waals surface area contributed by atoms with Gasteiger partial charge in [0.1, 0.15) is 23.0 Å². The highest BCUT2D eigenvalue weighted by atomic mass is 16.5. The number of nitrogens with two attached hydrogens (primary N) is 1. The van der Waals surface area contributed by atoms with Crippen molar-refractivity contribution < 1.29 is 9.53 Å². The number of likely N-dealkylation sites (N-methyl/N-ethyl adjacent to an activating group) is 1. The summed E-state index contributed by atoms with van der Waals surface area (Å²) >= 11 is 0. The molecular formula is C23H27N5O4. The third kappa shape index (κ3) is 5.57. The van der Waals surface area contributed by atoms with Gasteiger partial charge in [-0.1, -0.05) is 37.6 Å². The number of aromatic amines is 1. The third-order valence-electron chi connectivity index (χ3n) is 4.81. The standard InChI is InChI=1S/C23H27N5O4/c1-3-4-13-28-21(24)20(22(30)26-23(28)31)27(2)15-19(29)25-16-9-8-12-18(14-16)32-17-10-6-5-7-11-17/h5-12,14H,3-4,13,15,24H2,1-2H3,(H,25,29)(H,26,30,31). The molecular weight excluding hydrogens is 410 g/mol. The van der Waals surface area contributed by atoms with Gasteiger partial charge >= 0.3 is 5.69 Å². The highest BCUT2D eigenvalue weighted by Gasteiger charge is 2.18. The number of nitrogens with one attached hydrogen (secondary N) is 2. The minimum atomic E-state index is -0.631. The minimum Gasteiger partial charge on any atom is -0.457 e. The lowest BCUT2D eigenvalue weighted by Crippen LogP contribution is -2.39. The maximum Gasteiger partial charge on any atom is 0.330 e. The molecule has 0 fully saturated rings. The molecule has 2 aromatic carbocycles. The Hall–Kier alpha value is -4.01. The van der Waals surface area contributed by atoms with Gasteiger partial charge in [-0.15, -0.1) is 0 Å². The summed E-state index contributed by atoms with van der Waals surface area (Å²) in [5.41, 5.74) is 5.54. The Morgan fingerprint density at radius 1 is 1.12 bits per heavy atom. The maximum atomic E-state index is 12.6. The van der Waals surface area contributed by atoms with Crippen LogP contribution >= 0.6 is 0 Å². The SMILES string of the molecule is CCCCn1c(N)c(N(C)CC(=O)Nc2cccc(Oc3ccccc3)c2)c(=O)[nH]c1=O. The number of H-pyrrole nitrogens is 1. The number of nitrogens with zero attached hydrogens (tertiary/aromatic N) is 2. The fourth-order valence-electron chi connectivity index (χ4n) is 3.24. The Kier molecular flexibility index (Phi) is 7.33. The first-order valence-electron chi connectivity index (χ1n) is 10.4. The first kappa shape index (κ1) is 22.7. The number of carbonyl (C=O) groups excluding carboxylic acids is 1. The van der Waals surface area contributed by atoms with Crippen molar-refractivity contribution in [3.8, 4) is 11.5 Å². The number of benzene rings is 2. The van der Waals surface area contributed by atoms with Crippen molar-refractivity contribution in [2.24, 2.45) is 0 Å². The first-order chi connectivity index (χ1) is 15.4. The molecule has 0 aliphatic heterocycles. The van der Waals surface area contributed by atoms with Crippen LogP contribution in [0.4, 0.5) is 17.2 Å². The monoisotopic (exact) mass is 437 g/mol. The molecule has 0 aliphatic rings. The zero-order valence-corrected chi connectivity index (χ0v) is 18.1. The largest absolute Gasteiger partial charge is 0.457 e. The molecule has 3 aromatic rings. The summed E-state index contributed by atoms with van der Waals surface area (Å²) in [5, 5.41) is 2.79. The summed E-state index contributed by atoms with van der Waals surface area (Å²) in [6.45, 7) is 2.24. The van der Waals surface area contributed by atoms with Crippen LogP contribution in [0.5, 0.6) is 11.5 Å². The number of aromatic nitrogens is 2. The fourth-order valence-corrected chi connectivity index (χ4v) is 3.24. The number of unbranched alkanes of at least 4 members (excludes halogenated alkanes) is 1. The van der Waals surface area contributed by atoms with E-state index in [0.29, 0.717) is 23.7 Å². The zero-order chi connectivity index (χ0) is 23.1. The fraction of sp³-hybridized carbons (Fsp3) is 0.261. The van der Waals surface area contributed by atoms with E-state index < -0.39 is 11.2 Å². The molecule has 1 amide bonds. The maximum absolute atomic E-state index is 12.6. The van der Waals surface area contributed by atoms with Crippen molar-refractivity contribution in [1.82, 2.24) is 9.55 Å². The Balaban J connectivity index is 1.71. The summed E-state index contributed by atoms with van der Waals surface area (Å²) in [6.07, 6.45) is 1.60. The van der Waals surface area contributed by atoms with E-state index in [9.17, 15) is 14.4 Å². The van der Waals surface area contributed by atoms with E-state index in [4.69, 9.17) is 10.5 Å². The Morgan fingerprint density at radius 2 is 1.84 bits per heavy atom. The molecule has 0 saturated heterocycles. The van der Waals surface area contributed by atoms with Gasteiger partial charge in [-0.05, 0) is 30.7 Å². The van der Waals surface area contributed by atoms with Gasteiger partial charge in [0.15, 0.2) is 0 Å². The highest BCUT2D eigenvalue weighted by molar-refractivity contribution is 5.94. The molecule has 4 N–H and O–H groups in total. The van der Waals surface area contributed by atoms with E-state index in [-0.39, 0.29) is 24.0 Å². The van der Waals surface area contributed by atoms with Crippen LogP contribution in [0.3, 0.4) is 0 Å². The Labute approximate surface area is 185 Å². The van der Waals surface area contributed by atoms with Crippen molar-refractivity contribution in [2.45, 2.75) is 26.3 Å². The predicted molar refractivity (Wildman–Crippen MR) is 126 cm³/mol. The van der Waals surface area contributed by atoms with E-state index in [1.54, 1.807) is 31.3 Å². The lowest BCUT2D eigenvalue weighted by Gasteiger charge is -2.21. The number of amides is 1. The number of para-hydroxylation sites is 1.